The Morgan fingerprint density at radius 1 is 1.05 bits per heavy atom. The molecule has 1 aliphatic rings. The number of hydrogen-bond acceptors (Lipinski definition) is 2. The summed E-state index contributed by atoms with van der Waals surface area (Å²) in [6, 6.07) is 14.4. The van der Waals surface area contributed by atoms with Crippen molar-refractivity contribution in [1.29, 1.82) is 0 Å². The Kier molecular flexibility index (Phi) is 4.34. The number of sulfone groups is 1. The lowest BCUT2D eigenvalue weighted by Gasteiger charge is -2.25. The van der Waals surface area contributed by atoms with Crippen molar-refractivity contribution in [3.05, 3.63) is 59.7 Å². The summed E-state index contributed by atoms with van der Waals surface area (Å²) in [5.74, 6) is 0.599. The molecule has 22 heavy (non-hydrogen) atoms. The maximum Gasteiger partial charge on any atom is 0.206 e. The van der Waals surface area contributed by atoms with Crippen LogP contribution in [0.4, 0.5) is 0 Å². The molecule has 0 aromatic heterocycles. The molecule has 2 nitrogen and oxygen atoms in total. The molecule has 0 unspecified atom stereocenters. The number of hydrogen-bond donors (Lipinski definition) is 0. The lowest BCUT2D eigenvalue weighted by Crippen LogP contribution is -2.11. The largest absolute Gasteiger partial charge is 0.219 e. The molecule has 3 heteroatoms. The molecule has 0 heterocycles. The Bertz CT molecular complexity index is 748. The molecule has 0 amide bonds. The minimum Gasteiger partial charge on any atom is -0.219 e. The summed E-state index contributed by atoms with van der Waals surface area (Å²) in [5.41, 5.74) is 2.59. The Balaban J connectivity index is 2.01. The third kappa shape index (κ3) is 2.82. The van der Waals surface area contributed by atoms with E-state index >= 15 is 0 Å². The van der Waals surface area contributed by atoms with E-state index in [0.717, 1.165) is 12.8 Å². The third-order valence-corrected chi connectivity index (χ3v) is 6.32. The predicted molar refractivity (Wildman–Crippen MR) is 88.9 cm³/mol. The van der Waals surface area contributed by atoms with Gasteiger partial charge in [-0.1, -0.05) is 37.6 Å². The molecule has 1 aliphatic carbocycles. The number of benzene rings is 2. The first kappa shape index (κ1) is 15.3. The summed E-state index contributed by atoms with van der Waals surface area (Å²) in [5, 5.41) is 0. The van der Waals surface area contributed by atoms with Gasteiger partial charge < -0.3 is 0 Å². The van der Waals surface area contributed by atoms with Gasteiger partial charge in [0.05, 0.1) is 9.79 Å². The highest BCUT2D eigenvalue weighted by Crippen LogP contribution is 2.36. The minimum atomic E-state index is -3.40. The zero-order valence-corrected chi connectivity index (χ0v) is 13.8. The second kappa shape index (κ2) is 6.25. The molecule has 2 aromatic carbocycles. The highest BCUT2D eigenvalue weighted by Gasteiger charge is 2.23. The molecule has 116 valence electrons. The van der Waals surface area contributed by atoms with Gasteiger partial charge in [-0.25, -0.2) is 8.42 Å². The molecule has 0 fully saturated rings. The van der Waals surface area contributed by atoms with E-state index in [1.54, 1.807) is 30.3 Å². The first-order valence-corrected chi connectivity index (χ1v) is 9.54. The molecule has 0 radical (unpaired) electrons. The Labute approximate surface area is 133 Å². The quantitative estimate of drug-likeness (QED) is 0.817. The van der Waals surface area contributed by atoms with Crippen LogP contribution >= 0.6 is 0 Å². The first-order chi connectivity index (χ1) is 10.6. The van der Waals surface area contributed by atoms with E-state index < -0.39 is 9.84 Å². The third-order valence-electron chi connectivity index (χ3n) is 4.55. The molecule has 0 aliphatic heterocycles. The average Bonchev–Trinajstić information content (AvgIpc) is 2.56. The smallest absolute Gasteiger partial charge is 0.206 e. The molecule has 0 N–H and O–H groups in total. The van der Waals surface area contributed by atoms with Crippen molar-refractivity contribution in [2.24, 2.45) is 0 Å². The maximum atomic E-state index is 12.7. The number of rotatable bonds is 4. The van der Waals surface area contributed by atoms with Crippen LogP contribution in [-0.4, -0.2) is 8.42 Å². The van der Waals surface area contributed by atoms with Gasteiger partial charge in [0.15, 0.2) is 0 Å². The van der Waals surface area contributed by atoms with E-state index in [2.05, 4.69) is 6.92 Å². The molecular formula is C19H22O2S. The van der Waals surface area contributed by atoms with E-state index in [1.165, 1.54) is 30.4 Å². The minimum absolute atomic E-state index is 0.371. The number of fused-ring (bicyclic) bond motifs is 1. The predicted octanol–water partition coefficient (Wildman–Crippen LogP) is 4.74. The topological polar surface area (TPSA) is 34.1 Å². The van der Waals surface area contributed by atoms with Crippen molar-refractivity contribution in [2.75, 3.05) is 0 Å². The molecule has 0 saturated heterocycles. The van der Waals surface area contributed by atoms with Crippen molar-refractivity contribution in [3.63, 3.8) is 0 Å². The van der Waals surface area contributed by atoms with Crippen LogP contribution in [0.25, 0.3) is 0 Å². The van der Waals surface area contributed by atoms with Crippen LogP contribution < -0.4 is 0 Å². The highest BCUT2D eigenvalue weighted by atomic mass is 32.2. The normalized spacial score (nSPS) is 18.0. The van der Waals surface area contributed by atoms with E-state index in [4.69, 9.17) is 0 Å². The Morgan fingerprint density at radius 3 is 2.55 bits per heavy atom. The molecule has 2 aromatic rings. The van der Waals surface area contributed by atoms with Crippen LogP contribution in [0, 0.1) is 0 Å². The SMILES string of the molecule is CCC[C@@H]1CCCc2cc(S(=O)(=O)c3ccccc3)ccc21. The van der Waals surface area contributed by atoms with Crippen LogP contribution in [0.1, 0.15) is 49.7 Å². The van der Waals surface area contributed by atoms with Crippen molar-refractivity contribution >= 4 is 9.84 Å². The average molecular weight is 314 g/mol. The van der Waals surface area contributed by atoms with E-state index in [0.29, 0.717) is 15.7 Å². The van der Waals surface area contributed by atoms with Crippen LogP contribution in [0.15, 0.2) is 58.3 Å². The summed E-state index contributed by atoms with van der Waals surface area (Å²) in [6.45, 7) is 2.21. The van der Waals surface area contributed by atoms with Gasteiger partial charge in [0, 0.05) is 0 Å². The van der Waals surface area contributed by atoms with Gasteiger partial charge in [0.1, 0.15) is 0 Å². The van der Waals surface area contributed by atoms with Crippen LogP contribution in [0.3, 0.4) is 0 Å². The lowest BCUT2D eigenvalue weighted by atomic mass is 9.81. The van der Waals surface area contributed by atoms with Crippen LogP contribution in [0.2, 0.25) is 0 Å². The summed E-state index contributed by atoms with van der Waals surface area (Å²) >= 11 is 0. The molecule has 1 atom stereocenters. The van der Waals surface area contributed by atoms with Crippen molar-refractivity contribution in [1.82, 2.24) is 0 Å². The van der Waals surface area contributed by atoms with Gasteiger partial charge in [-0.2, -0.15) is 0 Å². The highest BCUT2D eigenvalue weighted by molar-refractivity contribution is 7.91. The van der Waals surface area contributed by atoms with Crippen molar-refractivity contribution < 1.29 is 8.42 Å². The fraction of sp³-hybridized carbons (Fsp3) is 0.368. The fourth-order valence-electron chi connectivity index (χ4n) is 3.44. The van der Waals surface area contributed by atoms with E-state index in [9.17, 15) is 8.42 Å². The molecular weight excluding hydrogens is 292 g/mol. The summed E-state index contributed by atoms with van der Waals surface area (Å²) < 4.78 is 25.5. The van der Waals surface area contributed by atoms with E-state index in [1.807, 2.05) is 18.2 Å². The van der Waals surface area contributed by atoms with Crippen molar-refractivity contribution in [3.8, 4) is 0 Å². The summed E-state index contributed by atoms with van der Waals surface area (Å²) in [4.78, 5) is 0.797. The van der Waals surface area contributed by atoms with Crippen LogP contribution in [0.5, 0.6) is 0 Å². The number of aryl methyl sites for hydroxylation is 1. The second-order valence-corrected chi connectivity index (χ2v) is 8.00. The van der Waals surface area contributed by atoms with Gasteiger partial charge in [0.25, 0.3) is 0 Å². The lowest BCUT2D eigenvalue weighted by molar-refractivity contribution is 0.514. The maximum absolute atomic E-state index is 12.7. The second-order valence-electron chi connectivity index (χ2n) is 6.05. The van der Waals surface area contributed by atoms with Gasteiger partial charge in [-0.05, 0) is 67.0 Å². The van der Waals surface area contributed by atoms with Gasteiger partial charge >= 0.3 is 0 Å². The van der Waals surface area contributed by atoms with Crippen LogP contribution in [-0.2, 0) is 16.3 Å². The zero-order chi connectivity index (χ0) is 15.6. The van der Waals surface area contributed by atoms with E-state index in [-0.39, 0.29) is 0 Å². The van der Waals surface area contributed by atoms with Gasteiger partial charge in [0.2, 0.25) is 9.84 Å². The fourth-order valence-corrected chi connectivity index (χ4v) is 4.77. The Hall–Kier alpha value is -1.61. The van der Waals surface area contributed by atoms with Gasteiger partial charge in [-0.3, -0.25) is 0 Å². The monoisotopic (exact) mass is 314 g/mol. The molecule has 3 rings (SSSR count). The molecule has 0 bridgehead atoms. The standard InChI is InChI=1S/C19H22O2S/c1-2-7-15-8-6-9-16-14-18(12-13-19(15)16)22(20,21)17-10-4-3-5-11-17/h3-5,10-15H,2,6-9H2,1H3/t15-/m1/s1. The zero-order valence-electron chi connectivity index (χ0n) is 13.0. The Morgan fingerprint density at radius 2 is 1.82 bits per heavy atom. The summed E-state index contributed by atoms with van der Waals surface area (Å²) in [7, 11) is -3.40. The van der Waals surface area contributed by atoms with Crippen molar-refractivity contribution in [2.45, 2.75) is 54.7 Å². The molecule has 0 saturated carbocycles. The summed E-state index contributed by atoms with van der Waals surface area (Å²) in [6.07, 6.45) is 5.75. The molecule has 0 spiro atoms. The first-order valence-electron chi connectivity index (χ1n) is 8.06. The van der Waals surface area contributed by atoms with Gasteiger partial charge in [-0.15, -0.1) is 0 Å².